The van der Waals surface area contributed by atoms with Crippen LogP contribution in [0.5, 0.6) is 0 Å². The van der Waals surface area contributed by atoms with Gasteiger partial charge in [0.15, 0.2) is 0 Å². The summed E-state index contributed by atoms with van der Waals surface area (Å²) in [4.78, 5) is 17.1. The summed E-state index contributed by atoms with van der Waals surface area (Å²) in [5.74, 6) is -0.168. The molecule has 1 aliphatic rings. The Bertz CT molecular complexity index is 843. The Morgan fingerprint density at radius 2 is 1.81 bits per heavy atom. The third kappa shape index (κ3) is 4.96. The molecule has 1 heterocycles. The number of nitrogens with one attached hydrogen (secondary N) is 1. The summed E-state index contributed by atoms with van der Waals surface area (Å²) >= 11 is 0. The second kappa shape index (κ2) is 9.02. The first-order valence-electron chi connectivity index (χ1n) is 9.25. The molecule has 1 fully saturated rings. The van der Waals surface area contributed by atoms with E-state index in [0.29, 0.717) is 5.56 Å². The first kappa shape index (κ1) is 18.7. The van der Waals surface area contributed by atoms with Gasteiger partial charge in [0.25, 0.3) is 0 Å². The van der Waals surface area contributed by atoms with Gasteiger partial charge >= 0.3 is 0 Å². The molecular formula is C22H24N4O. The first-order valence-corrected chi connectivity index (χ1v) is 9.25. The number of para-hydroxylation sites is 2. The third-order valence-corrected chi connectivity index (χ3v) is 4.79. The largest absolute Gasteiger partial charge is 0.367 e. The summed E-state index contributed by atoms with van der Waals surface area (Å²) < 4.78 is 0. The number of anilines is 2. The van der Waals surface area contributed by atoms with Gasteiger partial charge in [-0.15, -0.1) is 0 Å². The van der Waals surface area contributed by atoms with E-state index in [9.17, 15) is 4.79 Å². The minimum absolute atomic E-state index is 0.168. The van der Waals surface area contributed by atoms with Crippen LogP contribution in [0.4, 0.5) is 11.4 Å². The molecule has 1 aliphatic heterocycles. The SMILES string of the molecule is CCN1CCN(c2ccccc2NC(=O)/C=C/c2ccc(C#N)cc2)CC1. The highest BCUT2D eigenvalue weighted by atomic mass is 16.1. The summed E-state index contributed by atoms with van der Waals surface area (Å²) in [5.41, 5.74) is 3.38. The number of likely N-dealkylation sites (N-methyl/N-ethyl adjacent to an activating group) is 1. The standard InChI is InChI=1S/C22H24N4O/c1-2-25-13-15-26(16-14-25)21-6-4-3-5-20(21)24-22(27)12-11-18-7-9-19(17-23)10-8-18/h3-12H,2,13-16H2,1H3,(H,24,27)/b12-11+. The first-order chi connectivity index (χ1) is 13.2. The van der Waals surface area contributed by atoms with Gasteiger partial charge in [0, 0.05) is 32.3 Å². The van der Waals surface area contributed by atoms with E-state index >= 15 is 0 Å². The van der Waals surface area contributed by atoms with Gasteiger partial charge in [-0.1, -0.05) is 31.2 Å². The summed E-state index contributed by atoms with van der Waals surface area (Å²) in [6.07, 6.45) is 3.27. The molecule has 2 aromatic carbocycles. The van der Waals surface area contributed by atoms with Crippen molar-refractivity contribution in [1.29, 1.82) is 5.26 Å². The molecule has 1 N–H and O–H groups in total. The van der Waals surface area contributed by atoms with Crippen molar-refractivity contribution in [2.75, 3.05) is 42.9 Å². The highest BCUT2D eigenvalue weighted by Crippen LogP contribution is 2.26. The van der Waals surface area contributed by atoms with Gasteiger partial charge in [0.1, 0.15) is 0 Å². The van der Waals surface area contributed by atoms with Crippen LogP contribution in [0.3, 0.4) is 0 Å². The van der Waals surface area contributed by atoms with Crippen molar-refractivity contribution < 1.29 is 4.79 Å². The molecular weight excluding hydrogens is 336 g/mol. The number of hydrogen-bond acceptors (Lipinski definition) is 4. The molecule has 0 radical (unpaired) electrons. The number of nitrogens with zero attached hydrogens (tertiary/aromatic N) is 3. The molecule has 0 spiro atoms. The predicted octanol–water partition coefficient (Wildman–Crippen LogP) is 3.35. The van der Waals surface area contributed by atoms with Gasteiger partial charge in [-0.2, -0.15) is 5.26 Å². The topological polar surface area (TPSA) is 59.4 Å². The number of carbonyl (C=O) groups excluding carboxylic acids is 1. The molecule has 1 saturated heterocycles. The maximum Gasteiger partial charge on any atom is 0.248 e. The Hall–Kier alpha value is -3.10. The lowest BCUT2D eigenvalue weighted by Gasteiger charge is -2.36. The Morgan fingerprint density at radius 3 is 2.48 bits per heavy atom. The average molecular weight is 360 g/mol. The fourth-order valence-electron chi connectivity index (χ4n) is 3.18. The van der Waals surface area contributed by atoms with Crippen LogP contribution in [0.1, 0.15) is 18.1 Å². The highest BCUT2D eigenvalue weighted by Gasteiger charge is 2.18. The van der Waals surface area contributed by atoms with E-state index in [4.69, 9.17) is 5.26 Å². The smallest absolute Gasteiger partial charge is 0.248 e. The van der Waals surface area contributed by atoms with Crippen molar-refractivity contribution in [3.05, 3.63) is 65.7 Å². The van der Waals surface area contributed by atoms with Crippen molar-refractivity contribution in [2.24, 2.45) is 0 Å². The second-order valence-corrected chi connectivity index (χ2v) is 6.49. The summed E-state index contributed by atoms with van der Waals surface area (Å²) in [6, 6.07) is 17.1. The van der Waals surface area contributed by atoms with Crippen LogP contribution in [0.25, 0.3) is 6.08 Å². The van der Waals surface area contributed by atoms with Gasteiger partial charge in [-0.3, -0.25) is 4.79 Å². The molecule has 0 bridgehead atoms. The normalized spacial score (nSPS) is 14.9. The zero-order valence-corrected chi connectivity index (χ0v) is 15.6. The van der Waals surface area contributed by atoms with E-state index in [1.54, 1.807) is 18.2 Å². The number of piperazine rings is 1. The number of hydrogen-bond donors (Lipinski definition) is 1. The van der Waals surface area contributed by atoms with Crippen LogP contribution < -0.4 is 10.2 Å². The van der Waals surface area contributed by atoms with Crippen LogP contribution in [0, 0.1) is 11.3 Å². The molecule has 0 saturated carbocycles. The molecule has 0 aliphatic carbocycles. The highest BCUT2D eigenvalue weighted by molar-refractivity contribution is 6.03. The Kier molecular flexibility index (Phi) is 6.24. The predicted molar refractivity (Wildman–Crippen MR) is 110 cm³/mol. The molecule has 3 rings (SSSR count). The van der Waals surface area contributed by atoms with E-state index in [-0.39, 0.29) is 5.91 Å². The lowest BCUT2D eigenvalue weighted by molar-refractivity contribution is -0.111. The van der Waals surface area contributed by atoms with E-state index in [2.05, 4.69) is 34.2 Å². The van der Waals surface area contributed by atoms with E-state index < -0.39 is 0 Å². The van der Waals surface area contributed by atoms with Crippen molar-refractivity contribution in [2.45, 2.75) is 6.92 Å². The van der Waals surface area contributed by atoms with Crippen LogP contribution >= 0.6 is 0 Å². The molecule has 2 aromatic rings. The van der Waals surface area contributed by atoms with E-state index in [0.717, 1.165) is 49.7 Å². The summed E-state index contributed by atoms with van der Waals surface area (Å²) in [7, 11) is 0. The van der Waals surface area contributed by atoms with E-state index in [1.807, 2.05) is 30.3 Å². The fraction of sp³-hybridized carbons (Fsp3) is 0.273. The van der Waals surface area contributed by atoms with Gasteiger partial charge in [-0.05, 0) is 42.4 Å². The monoisotopic (exact) mass is 360 g/mol. The Labute approximate surface area is 160 Å². The molecule has 5 heteroatoms. The van der Waals surface area contributed by atoms with Crippen LogP contribution in [0.2, 0.25) is 0 Å². The third-order valence-electron chi connectivity index (χ3n) is 4.79. The molecule has 1 amide bonds. The Balaban J connectivity index is 1.65. The van der Waals surface area contributed by atoms with Gasteiger partial charge in [0.05, 0.1) is 23.0 Å². The maximum atomic E-state index is 12.4. The second-order valence-electron chi connectivity index (χ2n) is 6.49. The molecule has 138 valence electrons. The number of nitriles is 1. The van der Waals surface area contributed by atoms with Crippen LogP contribution in [-0.2, 0) is 4.79 Å². The molecule has 0 atom stereocenters. The van der Waals surface area contributed by atoms with Gasteiger partial charge in [-0.25, -0.2) is 0 Å². The zero-order valence-electron chi connectivity index (χ0n) is 15.6. The van der Waals surface area contributed by atoms with Crippen molar-refractivity contribution >= 4 is 23.4 Å². The van der Waals surface area contributed by atoms with Crippen molar-refractivity contribution in [3.8, 4) is 6.07 Å². The number of benzene rings is 2. The maximum absolute atomic E-state index is 12.4. The average Bonchev–Trinajstić information content (AvgIpc) is 2.73. The van der Waals surface area contributed by atoms with Crippen molar-refractivity contribution in [1.82, 2.24) is 4.90 Å². The lowest BCUT2D eigenvalue weighted by Crippen LogP contribution is -2.46. The molecule has 0 aromatic heterocycles. The summed E-state index contributed by atoms with van der Waals surface area (Å²) in [6.45, 7) is 7.26. The van der Waals surface area contributed by atoms with Gasteiger partial charge in [0.2, 0.25) is 5.91 Å². The van der Waals surface area contributed by atoms with Gasteiger partial charge < -0.3 is 15.1 Å². The van der Waals surface area contributed by atoms with Crippen molar-refractivity contribution in [3.63, 3.8) is 0 Å². The number of amides is 1. The zero-order chi connectivity index (χ0) is 19.1. The number of rotatable bonds is 5. The lowest BCUT2D eigenvalue weighted by atomic mass is 10.1. The quantitative estimate of drug-likeness (QED) is 0.831. The van der Waals surface area contributed by atoms with E-state index in [1.165, 1.54) is 6.08 Å². The molecule has 27 heavy (non-hydrogen) atoms. The van der Waals surface area contributed by atoms with Crippen LogP contribution in [-0.4, -0.2) is 43.5 Å². The number of carbonyl (C=O) groups is 1. The Morgan fingerprint density at radius 1 is 1.11 bits per heavy atom. The molecule has 0 unspecified atom stereocenters. The fourth-order valence-corrected chi connectivity index (χ4v) is 3.18. The minimum atomic E-state index is -0.168. The minimum Gasteiger partial charge on any atom is -0.367 e. The van der Waals surface area contributed by atoms with Crippen LogP contribution in [0.15, 0.2) is 54.6 Å². The molecule has 5 nitrogen and oxygen atoms in total. The summed E-state index contributed by atoms with van der Waals surface area (Å²) in [5, 5.41) is 11.8.